The lowest BCUT2D eigenvalue weighted by Crippen LogP contribution is -2.05. The van der Waals surface area contributed by atoms with Gasteiger partial charge in [0.2, 0.25) is 0 Å². The first-order valence-corrected chi connectivity index (χ1v) is 3.39. The number of rotatable bonds is 2. The van der Waals surface area contributed by atoms with Crippen molar-refractivity contribution in [1.82, 2.24) is 0 Å². The number of esters is 1. The lowest BCUT2D eigenvalue weighted by atomic mass is 10.1. The van der Waals surface area contributed by atoms with Gasteiger partial charge in [-0.05, 0) is 12.8 Å². The van der Waals surface area contributed by atoms with Crippen molar-refractivity contribution in [2.24, 2.45) is 0 Å². The summed E-state index contributed by atoms with van der Waals surface area (Å²) in [6.45, 7) is 0. The van der Waals surface area contributed by atoms with Gasteiger partial charge in [-0.15, -0.1) is 0 Å². The second kappa shape index (κ2) is 3.21. The molecule has 3 nitrogen and oxygen atoms in total. The highest BCUT2D eigenvalue weighted by Gasteiger charge is 2.22. The minimum Gasteiger partial charge on any atom is -0.462 e. The number of cyclic esters (lactones) is 1. The lowest BCUT2D eigenvalue weighted by molar-refractivity contribution is -0.141. The van der Waals surface area contributed by atoms with Crippen LogP contribution in [0.5, 0.6) is 0 Å². The molecule has 0 aromatic heterocycles. The van der Waals surface area contributed by atoms with E-state index in [1.807, 2.05) is 6.07 Å². The van der Waals surface area contributed by atoms with Crippen molar-refractivity contribution in [3.05, 3.63) is 0 Å². The monoisotopic (exact) mass is 139 g/mol. The first-order chi connectivity index (χ1) is 4.83. The molecule has 0 amide bonds. The quantitative estimate of drug-likeness (QED) is 0.536. The van der Waals surface area contributed by atoms with Crippen molar-refractivity contribution in [3.63, 3.8) is 0 Å². The third-order valence-corrected chi connectivity index (χ3v) is 1.55. The molecule has 0 spiro atoms. The first-order valence-electron chi connectivity index (χ1n) is 3.39. The molecule has 0 N–H and O–H groups in total. The van der Waals surface area contributed by atoms with Crippen LogP contribution >= 0.6 is 0 Å². The van der Waals surface area contributed by atoms with E-state index in [0.29, 0.717) is 19.3 Å². The number of carbonyl (C=O) groups excluding carboxylic acids is 1. The van der Waals surface area contributed by atoms with Crippen molar-refractivity contribution in [2.75, 3.05) is 0 Å². The average molecular weight is 139 g/mol. The van der Waals surface area contributed by atoms with Gasteiger partial charge >= 0.3 is 5.97 Å². The van der Waals surface area contributed by atoms with Gasteiger partial charge in [0.25, 0.3) is 0 Å². The van der Waals surface area contributed by atoms with E-state index in [-0.39, 0.29) is 12.1 Å². The summed E-state index contributed by atoms with van der Waals surface area (Å²) >= 11 is 0. The number of nitriles is 1. The second-order valence-electron chi connectivity index (χ2n) is 2.35. The molecule has 1 saturated heterocycles. The largest absolute Gasteiger partial charge is 0.462 e. The van der Waals surface area contributed by atoms with Crippen LogP contribution in [0, 0.1) is 11.3 Å². The zero-order valence-corrected chi connectivity index (χ0v) is 5.67. The third kappa shape index (κ3) is 1.73. The fraction of sp³-hybridized carbons (Fsp3) is 0.714. The van der Waals surface area contributed by atoms with E-state index < -0.39 is 0 Å². The number of nitrogens with zero attached hydrogens (tertiary/aromatic N) is 1. The zero-order chi connectivity index (χ0) is 7.40. The summed E-state index contributed by atoms with van der Waals surface area (Å²) in [6, 6.07) is 2.02. The van der Waals surface area contributed by atoms with Gasteiger partial charge in [-0.3, -0.25) is 4.79 Å². The van der Waals surface area contributed by atoms with Crippen LogP contribution in [0.2, 0.25) is 0 Å². The Morgan fingerprint density at radius 1 is 1.80 bits per heavy atom. The predicted molar refractivity (Wildman–Crippen MR) is 34.0 cm³/mol. The normalized spacial score (nSPS) is 23.9. The Bertz CT molecular complexity index is 171. The van der Waals surface area contributed by atoms with E-state index in [0.717, 1.165) is 6.42 Å². The molecule has 0 radical (unpaired) electrons. The first kappa shape index (κ1) is 7.07. The molecule has 1 aliphatic rings. The Balaban J connectivity index is 2.20. The molecule has 3 heteroatoms. The van der Waals surface area contributed by atoms with Crippen molar-refractivity contribution in [2.45, 2.75) is 31.8 Å². The van der Waals surface area contributed by atoms with Crippen molar-refractivity contribution >= 4 is 5.97 Å². The van der Waals surface area contributed by atoms with E-state index in [1.165, 1.54) is 0 Å². The number of ether oxygens (including phenoxy) is 1. The molecule has 1 fully saturated rings. The molecule has 1 unspecified atom stereocenters. The van der Waals surface area contributed by atoms with Crippen LogP contribution in [0.25, 0.3) is 0 Å². The minimum atomic E-state index is -0.122. The summed E-state index contributed by atoms with van der Waals surface area (Å²) < 4.78 is 4.87. The molecule has 1 aliphatic heterocycles. The van der Waals surface area contributed by atoms with Crippen LogP contribution in [-0.2, 0) is 9.53 Å². The summed E-state index contributed by atoms with van der Waals surface area (Å²) in [6.07, 6.45) is 2.52. The summed E-state index contributed by atoms with van der Waals surface area (Å²) in [5.41, 5.74) is 0. The number of hydrogen-bond acceptors (Lipinski definition) is 3. The van der Waals surface area contributed by atoms with Gasteiger partial charge in [0.15, 0.2) is 0 Å². The fourth-order valence-electron chi connectivity index (χ4n) is 1.01. The molecular weight excluding hydrogens is 130 g/mol. The Labute approximate surface area is 59.6 Å². The second-order valence-corrected chi connectivity index (χ2v) is 2.35. The van der Waals surface area contributed by atoms with Crippen molar-refractivity contribution in [3.8, 4) is 6.07 Å². The van der Waals surface area contributed by atoms with Crippen LogP contribution in [-0.4, -0.2) is 12.1 Å². The van der Waals surface area contributed by atoms with Gasteiger partial charge in [-0.2, -0.15) is 5.26 Å². The van der Waals surface area contributed by atoms with Crippen molar-refractivity contribution < 1.29 is 9.53 Å². The smallest absolute Gasteiger partial charge is 0.306 e. The highest BCUT2D eigenvalue weighted by atomic mass is 16.5. The summed E-state index contributed by atoms with van der Waals surface area (Å²) in [5.74, 6) is -0.122. The molecule has 1 rings (SSSR count). The highest BCUT2D eigenvalue weighted by Crippen LogP contribution is 2.17. The van der Waals surface area contributed by atoms with Crippen LogP contribution in [0.15, 0.2) is 0 Å². The lowest BCUT2D eigenvalue weighted by Gasteiger charge is -2.03. The molecule has 10 heavy (non-hydrogen) atoms. The molecule has 1 heterocycles. The zero-order valence-electron chi connectivity index (χ0n) is 5.67. The Morgan fingerprint density at radius 3 is 3.10 bits per heavy atom. The van der Waals surface area contributed by atoms with E-state index in [2.05, 4.69) is 0 Å². The van der Waals surface area contributed by atoms with E-state index in [9.17, 15) is 4.79 Å². The molecule has 0 aliphatic carbocycles. The van der Waals surface area contributed by atoms with Crippen molar-refractivity contribution in [1.29, 1.82) is 5.26 Å². The molecule has 54 valence electrons. The molecule has 0 saturated carbocycles. The Hall–Kier alpha value is -1.04. The van der Waals surface area contributed by atoms with Crippen LogP contribution < -0.4 is 0 Å². The Kier molecular flexibility index (Phi) is 2.27. The van der Waals surface area contributed by atoms with Gasteiger partial charge in [0.05, 0.1) is 6.07 Å². The topological polar surface area (TPSA) is 50.1 Å². The maximum Gasteiger partial charge on any atom is 0.306 e. The molecule has 0 bridgehead atoms. The van der Waals surface area contributed by atoms with E-state index >= 15 is 0 Å². The third-order valence-electron chi connectivity index (χ3n) is 1.55. The average Bonchev–Trinajstić information content (AvgIpc) is 2.31. The number of hydrogen-bond donors (Lipinski definition) is 0. The van der Waals surface area contributed by atoms with Crippen LogP contribution in [0.1, 0.15) is 25.7 Å². The van der Waals surface area contributed by atoms with E-state index in [4.69, 9.17) is 10.00 Å². The minimum absolute atomic E-state index is 0.0205. The Morgan fingerprint density at radius 2 is 2.60 bits per heavy atom. The number of carbonyl (C=O) groups is 1. The standard InChI is InChI=1S/C7H9NO2/c8-5-1-2-6-3-4-7(9)10-6/h6H,1-4H2. The van der Waals surface area contributed by atoms with Gasteiger partial charge in [0.1, 0.15) is 6.10 Å². The van der Waals surface area contributed by atoms with Gasteiger partial charge in [0, 0.05) is 12.8 Å². The maximum atomic E-state index is 10.5. The molecular formula is C7H9NO2. The van der Waals surface area contributed by atoms with Gasteiger partial charge in [-0.25, -0.2) is 0 Å². The molecule has 0 aromatic carbocycles. The SMILES string of the molecule is N#CCCC1CCC(=O)O1. The molecule has 1 atom stereocenters. The predicted octanol–water partition coefficient (Wildman–Crippen LogP) is 0.996. The van der Waals surface area contributed by atoms with E-state index in [1.54, 1.807) is 0 Å². The molecule has 0 aromatic rings. The summed E-state index contributed by atoms with van der Waals surface area (Å²) in [7, 11) is 0. The highest BCUT2D eigenvalue weighted by molar-refractivity contribution is 5.71. The summed E-state index contributed by atoms with van der Waals surface area (Å²) in [5, 5.41) is 8.20. The van der Waals surface area contributed by atoms with Crippen LogP contribution in [0.3, 0.4) is 0 Å². The summed E-state index contributed by atoms with van der Waals surface area (Å²) in [4.78, 5) is 10.5. The van der Waals surface area contributed by atoms with Gasteiger partial charge < -0.3 is 4.74 Å². The maximum absolute atomic E-state index is 10.5. The van der Waals surface area contributed by atoms with Gasteiger partial charge in [-0.1, -0.05) is 0 Å². The van der Waals surface area contributed by atoms with Crippen LogP contribution in [0.4, 0.5) is 0 Å². The fourth-order valence-corrected chi connectivity index (χ4v) is 1.01.